The number of halogens is 3. The van der Waals surface area contributed by atoms with Crippen molar-refractivity contribution in [2.24, 2.45) is 0 Å². The zero-order valence-electron chi connectivity index (χ0n) is 11.9. The van der Waals surface area contributed by atoms with E-state index in [4.69, 9.17) is 4.74 Å². The van der Waals surface area contributed by atoms with Gasteiger partial charge in [0.2, 0.25) is 0 Å². The van der Waals surface area contributed by atoms with E-state index in [-0.39, 0.29) is 12.2 Å². The molecule has 22 heavy (non-hydrogen) atoms. The summed E-state index contributed by atoms with van der Waals surface area (Å²) in [7, 11) is 0. The molecule has 1 rings (SSSR count). The van der Waals surface area contributed by atoms with E-state index < -0.39 is 31.3 Å². The molecule has 0 bridgehead atoms. The summed E-state index contributed by atoms with van der Waals surface area (Å²) in [6.45, 7) is 6.11. The van der Waals surface area contributed by atoms with Crippen LogP contribution in [0.5, 0.6) is 0 Å². The average molecular weight is 314 g/mol. The Kier molecular flexibility index (Phi) is 6.85. The standard InChI is InChI=1S/C16H17F3O3/c1-3-7-14(16(17,18)19)21-10-12(2)15(20)22-11-13-8-5-4-6-9-13/h3-6,8-9,14H,1-2,7,10-11H2. The molecule has 1 aromatic rings. The van der Waals surface area contributed by atoms with Crippen molar-refractivity contribution in [1.29, 1.82) is 0 Å². The Morgan fingerprint density at radius 3 is 2.45 bits per heavy atom. The molecule has 0 radical (unpaired) electrons. The third-order valence-electron chi connectivity index (χ3n) is 2.71. The second kappa shape index (κ2) is 8.38. The fourth-order valence-corrected chi connectivity index (χ4v) is 1.53. The lowest BCUT2D eigenvalue weighted by Gasteiger charge is -2.19. The highest BCUT2D eigenvalue weighted by molar-refractivity contribution is 5.87. The van der Waals surface area contributed by atoms with E-state index in [0.29, 0.717) is 0 Å². The Bertz CT molecular complexity index is 509. The summed E-state index contributed by atoms with van der Waals surface area (Å²) in [6, 6.07) is 8.90. The summed E-state index contributed by atoms with van der Waals surface area (Å²) in [4.78, 5) is 11.6. The van der Waals surface area contributed by atoms with Crippen LogP contribution < -0.4 is 0 Å². The van der Waals surface area contributed by atoms with Crippen molar-refractivity contribution in [3.8, 4) is 0 Å². The maximum atomic E-state index is 12.6. The molecule has 120 valence electrons. The summed E-state index contributed by atoms with van der Waals surface area (Å²) in [5, 5.41) is 0. The third-order valence-corrected chi connectivity index (χ3v) is 2.71. The molecule has 0 aliphatic heterocycles. The number of alkyl halides is 3. The normalized spacial score (nSPS) is 12.5. The molecule has 0 fully saturated rings. The number of benzene rings is 1. The SMILES string of the molecule is C=CCC(OCC(=C)C(=O)OCc1ccccc1)C(F)(F)F. The average Bonchev–Trinajstić information content (AvgIpc) is 2.48. The van der Waals surface area contributed by atoms with Gasteiger partial charge in [0.25, 0.3) is 0 Å². The smallest absolute Gasteiger partial charge is 0.414 e. The predicted octanol–water partition coefficient (Wildman–Crippen LogP) is 3.81. The molecule has 6 heteroatoms. The minimum Gasteiger partial charge on any atom is -0.457 e. The van der Waals surface area contributed by atoms with E-state index in [1.165, 1.54) is 0 Å². The first-order valence-electron chi connectivity index (χ1n) is 6.52. The quantitative estimate of drug-likeness (QED) is 0.416. The van der Waals surface area contributed by atoms with Crippen molar-refractivity contribution in [2.75, 3.05) is 6.61 Å². The molecule has 3 nitrogen and oxygen atoms in total. The van der Waals surface area contributed by atoms with Crippen molar-refractivity contribution in [3.63, 3.8) is 0 Å². The van der Waals surface area contributed by atoms with E-state index in [0.717, 1.165) is 11.6 Å². The first-order chi connectivity index (χ1) is 10.3. The van der Waals surface area contributed by atoms with Crippen LogP contribution in [0, 0.1) is 0 Å². The summed E-state index contributed by atoms with van der Waals surface area (Å²) < 4.78 is 47.5. The topological polar surface area (TPSA) is 35.5 Å². The van der Waals surface area contributed by atoms with Gasteiger partial charge in [0.15, 0.2) is 6.10 Å². The van der Waals surface area contributed by atoms with Gasteiger partial charge in [0, 0.05) is 6.42 Å². The number of hydrogen-bond acceptors (Lipinski definition) is 3. The monoisotopic (exact) mass is 314 g/mol. The lowest BCUT2D eigenvalue weighted by atomic mass is 10.2. The van der Waals surface area contributed by atoms with Crippen molar-refractivity contribution in [3.05, 3.63) is 60.7 Å². The van der Waals surface area contributed by atoms with Crippen molar-refractivity contribution >= 4 is 5.97 Å². The molecule has 0 heterocycles. The highest BCUT2D eigenvalue weighted by atomic mass is 19.4. The van der Waals surface area contributed by atoms with E-state index in [9.17, 15) is 18.0 Å². The van der Waals surface area contributed by atoms with Crippen LogP contribution in [0.1, 0.15) is 12.0 Å². The maximum absolute atomic E-state index is 12.6. The Hall–Kier alpha value is -2.08. The minimum atomic E-state index is -4.53. The van der Waals surface area contributed by atoms with Crippen LogP contribution in [0.25, 0.3) is 0 Å². The largest absolute Gasteiger partial charge is 0.457 e. The minimum absolute atomic E-state index is 0.0219. The molecule has 0 saturated carbocycles. The van der Waals surface area contributed by atoms with E-state index in [2.05, 4.69) is 17.9 Å². The summed E-state index contributed by atoms with van der Waals surface area (Å²) >= 11 is 0. The molecule has 0 aromatic heterocycles. The number of ether oxygens (including phenoxy) is 2. The zero-order chi connectivity index (χ0) is 16.6. The van der Waals surface area contributed by atoms with Crippen LogP contribution in [-0.4, -0.2) is 24.9 Å². The van der Waals surface area contributed by atoms with Gasteiger partial charge in [-0.3, -0.25) is 0 Å². The fraction of sp³-hybridized carbons (Fsp3) is 0.312. The summed E-state index contributed by atoms with van der Waals surface area (Å²) in [5.74, 6) is -0.789. The van der Waals surface area contributed by atoms with Crippen molar-refractivity contribution in [2.45, 2.75) is 25.3 Å². The molecule has 0 N–H and O–H groups in total. The third kappa shape index (κ3) is 6.13. The molecular weight excluding hydrogens is 297 g/mol. The van der Waals surface area contributed by atoms with Gasteiger partial charge < -0.3 is 9.47 Å². The van der Waals surface area contributed by atoms with E-state index in [1.807, 2.05) is 6.07 Å². The molecule has 1 aromatic carbocycles. The van der Waals surface area contributed by atoms with Gasteiger partial charge in [-0.2, -0.15) is 13.2 Å². The number of carbonyl (C=O) groups is 1. The molecule has 0 aliphatic rings. The van der Waals surface area contributed by atoms with Gasteiger partial charge in [-0.05, 0) is 5.56 Å². The molecule has 1 unspecified atom stereocenters. The number of carbonyl (C=O) groups excluding carboxylic acids is 1. The van der Waals surface area contributed by atoms with Gasteiger partial charge in [-0.1, -0.05) is 43.0 Å². The van der Waals surface area contributed by atoms with Crippen molar-refractivity contribution in [1.82, 2.24) is 0 Å². The number of hydrogen-bond donors (Lipinski definition) is 0. The highest BCUT2D eigenvalue weighted by Crippen LogP contribution is 2.26. The van der Waals surface area contributed by atoms with Gasteiger partial charge in [-0.15, -0.1) is 6.58 Å². The van der Waals surface area contributed by atoms with E-state index >= 15 is 0 Å². The number of esters is 1. The molecule has 0 aliphatic carbocycles. The Balaban J connectivity index is 2.43. The molecular formula is C16H17F3O3. The van der Waals surface area contributed by atoms with Gasteiger partial charge >= 0.3 is 12.1 Å². The maximum Gasteiger partial charge on any atom is 0.414 e. The van der Waals surface area contributed by atoms with E-state index in [1.54, 1.807) is 24.3 Å². The second-order valence-corrected chi connectivity index (χ2v) is 4.53. The van der Waals surface area contributed by atoms with Gasteiger partial charge in [0.1, 0.15) is 6.61 Å². The lowest BCUT2D eigenvalue weighted by Crippen LogP contribution is -2.32. The van der Waals surface area contributed by atoms with Gasteiger partial charge in [0.05, 0.1) is 12.2 Å². The van der Waals surface area contributed by atoms with Crippen LogP contribution in [0.3, 0.4) is 0 Å². The summed E-state index contributed by atoms with van der Waals surface area (Å²) in [5.41, 5.74) is 0.596. The first kappa shape index (κ1) is 18.0. The molecule has 1 atom stereocenters. The Labute approximate surface area is 127 Å². The highest BCUT2D eigenvalue weighted by Gasteiger charge is 2.39. The van der Waals surface area contributed by atoms with Crippen molar-refractivity contribution < 1.29 is 27.4 Å². The Morgan fingerprint density at radius 1 is 1.27 bits per heavy atom. The first-order valence-corrected chi connectivity index (χ1v) is 6.52. The molecule has 0 amide bonds. The van der Waals surface area contributed by atoms with Gasteiger partial charge in [-0.25, -0.2) is 4.79 Å². The van der Waals surface area contributed by atoms with Crippen LogP contribution in [0.15, 0.2) is 55.1 Å². The van der Waals surface area contributed by atoms with Crippen LogP contribution in [-0.2, 0) is 20.9 Å². The fourth-order valence-electron chi connectivity index (χ4n) is 1.53. The zero-order valence-corrected chi connectivity index (χ0v) is 11.9. The predicted molar refractivity (Wildman–Crippen MR) is 76.0 cm³/mol. The second-order valence-electron chi connectivity index (χ2n) is 4.53. The number of rotatable bonds is 8. The Morgan fingerprint density at radius 2 is 1.91 bits per heavy atom. The van der Waals surface area contributed by atoms with Crippen LogP contribution in [0.4, 0.5) is 13.2 Å². The van der Waals surface area contributed by atoms with Crippen LogP contribution >= 0.6 is 0 Å². The molecule has 0 saturated heterocycles. The molecule has 0 spiro atoms. The van der Waals surface area contributed by atoms with Crippen LogP contribution in [0.2, 0.25) is 0 Å². The summed E-state index contributed by atoms with van der Waals surface area (Å²) in [6.07, 6.45) is -5.82. The lowest BCUT2D eigenvalue weighted by molar-refractivity contribution is -0.217.